The van der Waals surface area contributed by atoms with Crippen LogP contribution in [-0.2, 0) is 19.5 Å². The Balaban J connectivity index is 0.00000300. The third-order valence-corrected chi connectivity index (χ3v) is 7.79. The number of ether oxygens (including phenoxy) is 2. The van der Waals surface area contributed by atoms with Crippen LogP contribution in [0.15, 0.2) is 4.99 Å². The molecule has 3 N–H and O–H groups in total. The monoisotopic (exact) mass is 544 g/mol. The Morgan fingerprint density at radius 2 is 2.07 bits per heavy atom. The summed E-state index contributed by atoms with van der Waals surface area (Å²) in [6.45, 7) is 4.20. The third kappa shape index (κ3) is 6.41. The number of rotatable bonds is 9. The van der Waals surface area contributed by atoms with Crippen molar-refractivity contribution in [1.29, 1.82) is 0 Å². The van der Waals surface area contributed by atoms with E-state index in [1.165, 1.54) is 19.3 Å². The Morgan fingerprint density at radius 3 is 2.66 bits per heavy atom. The number of nitrogens with one attached hydrogen (secondary N) is 3. The molecule has 3 atom stereocenters. The maximum Gasteiger partial charge on any atom is 0.213 e. The minimum absolute atomic E-state index is 0. The Kier molecular flexibility index (Phi) is 9.91. The number of hydrogen-bond acceptors (Lipinski definition) is 5. The van der Waals surface area contributed by atoms with E-state index in [9.17, 15) is 8.42 Å². The van der Waals surface area contributed by atoms with Gasteiger partial charge in [-0.3, -0.25) is 4.99 Å². The lowest BCUT2D eigenvalue weighted by atomic mass is 9.51. The van der Waals surface area contributed by atoms with Gasteiger partial charge in [0.25, 0.3) is 0 Å². The Hall–Kier alpha value is -0.170. The number of aliphatic imine (C=N–C) groups is 1. The zero-order valence-electron chi connectivity index (χ0n) is 17.6. The van der Waals surface area contributed by atoms with Gasteiger partial charge in [0.15, 0.2) is 5.96 Å². The molecule has 170 valence electrons. The summed E-state index contributed by atoms with van der Waals surface area (Å²) >= 11 is 0. The first-order valence-corrected chi connectivity index (χ1v) is 12.3. The lowest BCUT2D eigenvalue weighted by molar-refractivity contribution is -0.168. The smallest absolute Gasteiger partial charge is 0.213 e. The molecular formula is C19H37IN4O4S. The Labute approximate surface area is 192 Å². The van der Waals surface area contributed by atoms with Crippen LogP contribution in [0.4, 0.5) is 0 Å². The van der Waals surface area contributed by atoms with E-state index in [1.54, 1.807) is 7.05 Å². The molecule has 0 amide bonds. The van der Waals surface area contributed by atoms with Gasteiger partial charge in [-0.1, -0.05) is 6.42 Å². The van der Waals surface area contributed by atoms with Crippen molar-refractivity contribution in [2.45, 2.75) is 70.1 Å². The van der Waals surface area contributed by atoms with Crippen molar-refractivity contribution in [2.24, 2.45) is 10.4 Å². The lowest BCUT2D eigenvalue weighted by Crippen LogP contribution is -2.68. The second-order valence-electron chi connectivity index (χ2n) is 8.12. The van der Waals surface area contributed by atoms with E-state index >= 15 is 0 Å². The van der Waals surface area contributed by atoms with Crippen molar-refractivity contribution in [2.75, 3.05) is 39.1 Å². The molecule has 0 aromatic carbocycles. The molecular weight excluding hydrogens is 507 g/mol. The highest BCUT2D eigenvalue weighted by Gasteiger charge is 2.59. The molecule has 2 aliphatic carbocycles. The first-order valence-electron chi connectivity index (χ1n) is 10.7. The fourth-order valence-corrected chi connectivity index (χ4v) is 5.52. The molecule has 1 spiro atoms. The maximum absolute atomic E-state index is 12.2. The fourth-order valence-electron chi connectivity index (χ4n) is 4.56. The number of sulfonamides is 1. The van der Waals surface area contributed by atoms with Gasteiger partial charge in [0, 0.05) is 44.8 Å². The van der Waals surface area contributed by atoms with Crippen LogP contribution in [-0.4, -0.2) is 71.7 Å². The molecule has 3 fully saturated rings. The number of guanidine groups is 1. The molecule has 0 radical (unpaired) electrons. The van der Waals surface area contributed by atoms with Crippen LogP contribution in [0.5, 0.6) is 0 Å². The number of halogens is 1. The number of nitrogens with zero attached hydrogens (tertiary/aromatic N) is 1. The molecule has 1 heterocycles. The predicted molar refractivity (Wildman–Crippen MR) is 125 cm³/mol. The summed E-state index contributed by atoms with van der Waals surface area (Å²) in [5.74, 6) is 0.676. The fraction of sp³-hybridized carbons (Fsp3) is 0.947. The maximum atomic E-state index is 12.2. The molecule has 8 nitrogen and oxygen atoms in total. The van der Waals surface area contributed by atoms with E-state index in [4.69, 9.17) is 9.47 Å². The molecule has 0 aromatic heterocycles. The zero-order chi connectivity index (χ0) is 20.0. The summed E-state index contributed by atoms with van der Waals surface area (Å²) in [7, 11) is -1.62. The van der Waals surface area contributed by atoms with Crippen LogP contribution in [0.25, 0.3) is 0 Å². The predicted octanol–water partition coefficient (Wildman–Crippen LogP) is 1.61. The largest absolute Gasteiger partial charge is 0.378 e. The molecule has 3 unspecified atom stereocenters. The van der Waals surface area contributed by atoms with E-state index < -0.39 is 10.0 Å². The van der Waals surface area contributed by atoms with E-state index in [0.717, 1.165) is 38.9 Å². The second kappa shape index (κ2) is 11.4. The van der Waals surface area contributed by atoms with Gasteiger partial charge in [0.1, 0.15) is 0 Å². The van der Waals surface area contributed by atoms with Gasteiger partial charge in [-0.2, -0.15) is 0 Å². The van der Waals surface area contributed by atoms with Crippen LogP contribution in [0.1, 0.15) is 51.9 Å². The van der Waals surface area contributed by atoms with E-state index in [2.05, 4.69) is 20.3 Å². The molecule has 1 aliphatic heterocycles. The first-order chi connectivity index (χ1) is 13.5. The SMILES string of the molecule is CCOC1CC(NC(=NC)NCCS(=O)(=O)NCC2CCCCO2)C12CCC2.I. The third-order valence-electron chi connectivity index (χ3n) is 6.44. The number of hydrogen-bond donors (Lipinski definition) is 3. The lowest BCUT2D eigenvalue weighted by Gasteiger charge is -2.61. The van der Waals surface area contributed by atoms with E-state index in [1.807, 2.05) is 6.92 Å². The summed E-state index contributed by atoms with van der Waals surface area (Å²) < 4.78 is 38.6. The van der Waals surface area contributed by atoms with E-state index in [-0.39, 0.29) is 41.2 Å². The van der Waals surface area contributed by atoms with Crippen molar-refractivity contribution in [3.8, 4) is 0 Å². The minimum Gasteiger partial charge on any atom is -0.378 e. The van der Waals surface area contributed by atoms with Crippen LogP contribution >= 0.6 is 24.0 Å². The highest BCUT2D eigenvalue weighted by molar-refractivity contribution is 14.0. The average Bonchev–Trinajstić information content (AvgIpc) is 2.63. The average molecular weight is 545 g/mol. The summed E-state index contributed by atoms with van der Waals surface area (Å²) in [6.07, 6.45) is 8.04. The normalized spacial score (nSPS) is 28.8. The molecule has 2 saturated carbocycles. The van der Waals surface area contributed by atoms with Crippen LogP contribution in [0.2, 0.25) is 0 Å². The van der Waals surface area contributed by atoms with Crippen LogP contribution < -0.4 is 15.4 Å². The van der Waals surface area contributed by atoms with Crippen molar-refractivity contribution in [1.82, 2.24) is 15.4 Å². The summed E-state index contributed by atoms with van der Waals surface area (Å²) in [5, 5.41) is 6.62. The Morgan fingerprint density at radius 1 is 1.28 bits per heavy atom. The molecule has 3 aliphatic rings. The Bertz CT molecular complexity index is 636. The molecule has 29 heavy (non-hydrogen) atoms. The summed E-state index contributed by atoms with van der Waals surface area (Å²) in [5.41, 5.74) is 0.237. The highest BCUT2D eigenvalue weighted by Crippen LogP contribution is 2.57. The van der Waals surface area contributed by atoms with Gasteiger partial charge >= 0.3 is 0 Å². The highest BCUT2D eigenvalue weighted by atomic mass is 127. The van der Waals surface area contributed by atoms with Crippen molar-refractivity contribution < 1.29 is 17.9 Å². The molecule has 1 saturated heterocycles. The molecule has 0 bridgehead atoms. The minimum atomic E-state index is -3.33. The molecule has 3 rings (SSSR count). The van der Waals surface area contributed by atoms with Gasteiger partial charge < -0.3 is 20.1 Å². The quantitative estimate of drug-likeness (QED) is 0.232. The van der Waals surface area contributed by atoms with Crippen LogP contribution in [0, 0.1) is 5.41 Å². The topological polar surface area (TPSA) is 101 Å². The van der Waals surface area contributed by atoms with Gasteiger partial charge in [-0.15, -0.1) is 24.0 Å². The van der Waals surface area contributed by atoms with Crippen LogP contribution in [0.3, 0.4) is 0 Å². The summed E-state index contributed by atoms with van der Waals surface area (Å²) in [6, 6.07) is 0.349. The molecule has 10 heteroatoms. The summed E-state index contributed by atoms with van der Waals surface area (Å²) in [4.78, 5) is 4.26. The van der Waals surface area contributed by atoms with Gasteiger partial charge in [-0.25, -0.2) is 13.1 Å². The zero-order valence-corrected chi connectivity index (χ0v) is 20.8. The van der Waals surface area contributed by atoms with Crippen molar-refractivity contribution in [3.63, 3.8) is 0 Å². The van der Waals surface area contributed by atoms with Gasteiger partial charge in [-0.05, 0) is 45.4 Å². The van der Waals surface area contributed by atoms with E-state index in [0.29, 0.717) is 31.2 Å². The van der Waals surface area contributed by atoms with Gasteiger partial charge in [0.05, 0.1) is 18.0 Å². The van der Waals surface area contributed by atoms with Gasteiger partial charge in [0.2, 0.25) is 10.0 Å². The van der Waals surface area contributed by atoms with Crippen molar-refractivity contribution in [3.05, 3.63) is 0 Å². The first kappa shape index (κ1) is 25.1. The standard InChI is InChI=1S/C19H36N4O4S.HI/c1-3-26-17-13-16(19(17)8-6-9-19)23-18(20-2)21-10-12-28(24,25)22-14-15-7-4-5-11-27-15;/h15-17,22H,3-14H2,1-2H3,(H2,20,21,23);1H. The molecule has 0 aromatic rings. The second-order valence-corrected chi connectivity index (χ2v) is 10.0. The van der Waals surface area contributed by atoms with Crippen molar-refractivity contribution >= 4 is 40.0 Å².